The minimum atomic E-state index is 0.756. The first-order valence-corrected chi connectivity index (χ1v) is 11.5. The van der Waals surface area contributed by atoms with Crippen LogP contribution in [0.15, 0.2) is 24.3 Å². The predicted molar refractivity (Wildman–Crippen MR) is 125 cm³/mol. The molecular weight excluding hydrogens is 370 g/mol. The Kier molecular flexibility index (Phi) is 7.70. The molecule has 0 amide bonds. The van der Waals surface area contributed by atoms with Gasteiger partial charge < -0.3 is 10.2 Å². The Morgan fingerprint density at radius 1 is 1.10 bits per heavy atom. The van der Waals surface area contributed by atoms with Crippen molar-refractivity contribution in [1.29, 1.82) is 5.26 Å². The van der Waals surface area contributed by atoms with Crippen molar-refractivity contribution in [3.05, 3.63) is 41.0 Å². The second-order valence-corrected chi connectivity index (χ2v) is 8.03. The van der Waals surface area contributed by atoms with Gasteiger partial charge in [0.2, 0.25) is 11.5 Å². The van der Waals surface area contributed by atoms with Crippen molar-refractivity contribution in [2.24, 2.45) is 0 Å². The van der Waals surface area contributed by atoms with Crippen molar-refractivity contribution in [3.63, 3.8) is 0 Å². The molecule has 5 nitrogen and oxygen atoms in total. The fourth-order valence-electron chi connectivity index (χ4n) is 4.36. The molecule has 0 radical (unpaired) electrons. The molecular formula is C25H36N5+. The summed E-state index contributed by atoms with van der Waals surface area (Å²) in [6.45, 7) is 13.0. The lowest BCUT2D eigenvalue weighted by atomic mass is 9.99. The largest absolute Gasteiger partial charge is 0.305 e. The lowest BCUT2D eigenvalue weighted by Gasteiger charge is -2.18. The molecule has 1 aromatic carbocycles. The summed E-state index contributed by atoms with van der Waals surface area (Å²) in [5.41, 5.74) is 6.21. The molecule has 30 heavy (non-hydrogen) atoms. The van der Waals surface area contributed by atoms with E-state index in [4.69, 9.17) is 0 Å². The van der Waals surface area contributed by atoms with Crippen LogP contribution in [-0.4, -0.2) is 36.1 Å². The maximum atomic E-state index is 9.95. The zero-order chi connectivity index (χ0) is 21.5. The van der Waals surface area contributed by atoms with E-state index >= 15 is 0 Å². The van der Waals surface area contributed by atoms with E-state index in [9.17, 15) is 5.26 Å². The van der Waals surface area contributed by atoms with Crippen molar-refractivity contribution < 1.29 is 4.40 Å². The maximum absolute atomic E-state index is 9.95. The Morgan fingerprint density at radius 3 is 2.57 bits per heavy atom. The van der Waals surface area contributed by atoms with Crippen LogP contribution in [0.25, 0.3) is 16.7 Å². The Morgan fingerprint density at radius 2 is 1.87 bits per heavy atom. The summed E-state index contributed by atoms with van der Waals surface area (Å²) in [4.78, 5) is 5.95. The van der Waals surface area contributed by atoms with Gasteiger partial charge in [-0.05, 0) is 57.0 Å². The Hall–Kier alpha value is -2.58. The molecule has 0 bridgehead atoms. The lowest BCUT2D eigenvalue weighted by molar-refractivity contribution is -0.465. The Bertz CT molecular complexity index is 1020. The molecule has 0 aliphatic rings. The molecule has 0 aliphatic heterocycles. The van der Waals surface area contributed by atoms with E-state index in [0.717, 1.165) is 79.1 Å². The van der Waals surface area contributed by atoms with Gasteiger partial charge in [-0.25, -0.2) is 0 Å². The molecule has 0 spiro atoms. The lowest BCUT2D eigenvalue weighted by Crippen LogP contribution is -2.31. The van der Waals surface area contributed by atoms with Gasteiger partial charge in [0.05, 0.1) is 6.54 Å². The van der Waals surface area contributed by atoms with Crippen LogP contribution < -0.4 is 9.72 Å². The van der Waals surface area contributed by atoms with Gasteiger partial charge in [0, 0.05) is 12.1 Å². The van der Waals surface area contributed by atoms with E-state index < -0.39 is 0 Å². The van der Waals surface area contributed by atoms with Crippen molar-refractivity contribution in [2.75, 3.05) is 31.5 Å². The SMILES string of the molecule is CCCCCc1c(C)c(C#N)c2[nH]c3ccccc3[n+]2c1NCCCN(CC)CC. The van der Waals surface area contributed by atoms with Crippen LogP contribution in [0.4, 0.5) is 5.82 Å². The topological polar surface area (TPSA) is 59.0 Å². The second-order valence-electron chi connectivity index (χ2n) is 8.03. The summed E-state index contributed by atoms with van der Waals surface area (Å²) in [5.74, 6) is 1.15. The number of rotatable bonds is 11. The third kappa shape index (κ3) is 4.44. The number of nitrogens with one attached hydrogen (secondary N) is 2. The van der Waals surface area contributed by atoms with Gasteiger partial charge in [0.25, 0.3) is 0 Å². The highest BCUT2D eigenvalue weighted by Gasteiger charge is 2.25. The van der Waals surface area contributed by atoms with Gasteiger partial charge in [-0.1, -0.05) is 45.7 Å². The summed E-state index contributed by atoms with van der Waals surface area (Å²) in [5, 5.41) is 13.7. The number of aromatic amines is 1. The highest BCUT2D eigenvalue weighted by molar-refractivity contribution is 5.78. The van der Waals surface area contributed by atoms with E-state index in [1.807, 2.05) is 6.07 Å². The molecule has 0 saturated carbocycles. The third-order valence-corrected chi connectivity index (χ3v) is 6.18. The second kappa shape index (κ2) is 10.4. The number of nitrogens with zero attached hydrogens (tertiary/aromatic N) is 3. The molecule has 3 aromatic rings. The molecule has 0 saturated heterocycles. The van der Waals surface area contributed by atoms with Crippen LogP contribution in [0, 0.1) is 18.3 Å². The zero-order valence-corrected chi connectivity index (χ0v) is 19.0. The normalized spacial score (nSPS) is 11.5. The van der Waals surface area contributed by atoms with Crippen molar-refractivity contribution in [3.8, 4) is 6.07 Å². The number of imidazole rings is 1. The number of unbranched alkanes of at least 4 members (excludes halogenated alkanes) is 2. The Balaban J connectivity index is 2.06. The van der Waals surface area contributed by atoms with E-state index in [-0.39, 0.29) is 0 Å². The first-order valence-electron chi connectivity index (χ1n) is 11.5. The van der Waals surface area contributed by atoms with Gasteiger partial charge in [0.15, 0.2) is 0 Å². The number of nitriles is 1. The van der Waals surface area contributed by atoms with Crippen LogP contribution in [0.3, 0.4) is 0 Å². The number of hydrogen-bond acceptors (Lipinski definition) is 3. The van der Waals surface area contributed by atoms with Crippen molar-refractivity contribution >= 4 is 22.5 Å². The quantitative estimate of drug-likeness (QED) is 0.349. The zero-order valence-electron chi connectivity index (χ0n) is 19.0. The van der Waals surface area contributed by atoms with E-state index in [1.54, 1.807) is 0 Å². The average molecular weight is 407 g/mol. The summed E-state index contributed by atoms with van der Waals surface area (Å²) in [6.07, 6.45) is 5.64. The molecule has 0 fully saturated rings. The molecule has 160 valence electrons. The fraction of sp³-hybridized carbons (Fsp3) is 0.520. The molecule has 2 aromatic heterocycles. The molecule has 3 rings (SSSR count). The molecule has 0 aliphatic carbocycles. The number of hydrogen-bond donors (Lipinski definition) is 2. The molecule has 2 heterocycles. The minimum absolute atomic E-state index is 0.756. The van der Waals surface area contributed by atoms with Crippen molar-refractivity contribution in [2.45, 2.75) is 59.8 Å². The summed E-state index contributed by atoms with van der Waals surface area (Å²) in [7, 11) is 0. The summed E-state index contributed by atoms with van der Waals surface area (Å²) >= 11 is 0. The molecule has 5 heteroatoms. The highest BCUT2D eigenvalue weighted by Crippen LogP contribution is 2.27. The Labute approximate surface area is 180 Å². The third-order valence-electron chi connectivity index (χ3n) is 6.18. The molecule has 0 atom stereocenters. The van der Waals surface area contributed by atoms with Crippen LogP contribution in [0.1, 0.15) is 63.1 Å². The number of benzene rings is 1. The number of H-pyrrole nitrogens is 1. The van der Waals surface area contributed by atoms with Crippen molar-refractivity contribution in [1.82, 2.24) is 9.88 Å². The minimum Gasteiger partial charge on any atom is -0.305 e. The van der Waals surface area contributed by atoms with Gasteiger partial charge in [-0.15, -0.1) is 0 Å². The summed E-state index contributed by atoms with van der Waals surface area (Å²) in [6, 6.07) is 10.8. The monoisotopic (exact) mass is 406 g/mol. The van der Waals surface area contributed by atoms with Gasteiger partial charge in [0.1, 0.15) is 22.7 Å². The smallest absolute Gasteiger partial charge is 0.250 e. The number of para-hydroxylation sites is 2. The standard InChI is InChI=1S/C25H35N5/c1-5-8-9-13-20-19(4)21(18-26)25-28-22-14-10-11-15-23(22)30(25)24(20)27-16-12-17-29(6-2)7-3/h10-11,14-15H,5-9,12-13,16-17H2,1-4H3,(H,27,28)/p+1. The first kappa shape index (κ1) is 22.1. The molecule has 0 unspecified atom stereocenters. The van der Waals surface area contributed by atoms with Gasteiger partial charge in [-0.2, -0.15) is 9.66 Å². The molecule has 2 N–H and O–H groups in total. The highest BCUT2D eigenvalue weighted by atomic mass is 15.1. The van der Waals surface area contributed by atoms with Crippen LogP contribution in [0.5, 0.6) is 0 Å². The van der Waals surface area contributed by atoms with Crippen LogP contribution in [-0.2, 0) is 6.42 Å². The number of fused-ring (bicyclic) bond motifs is 3. The van der Waals surface area contributed by atoms with Crippen LogP contribution in [0.2, 0.25) is 0 Å². The predicted octanol–water partition coefficient (Wildman–Crippen LogP) is 4.96. The number of aromatic nitrogens is 2. The maximum Gasteiger partial charge on any atom is 0.250 e. The fourth-order valence-corrected chi connectivity index (χ4v) is 4.36. The summed E-state index contributed by atoms with van der Waals surface area (Å²) < 4.78 is 2.24. The van der Waals surface area contributed by atoms with E-state index in [2.05, 4.69) is 71.6 Å². The average Bonchev–Trinajstić information content (AvgIpc) is 3.14. The van der Waals surface area contributed by atoms with Gasteiger partial charge >= 0.3 is 0 Å². The number of anilines is 1. The van der Waals surface area contributed by atoms with Crippen LogP contribution >= 0.6 is 0 Å². The van der Waals surface area contributed by atoms with E-state index in [0.29, 0.717) is 0 Å². The van der Waals surface area contributed by atoms with Gasteiger partial charge in [-0.3, -0.25) is 4.98 Å². The first-order chi connectivity index (χ1) is 14.7. The van der Waals surface area contributed by atoms with E-state index in [1.165, 1.54) is 18.4 Å². The number of pyridine rings is 1.